The number of halogens is 2. The molecule has 0 unspecified atom stereocenters. The lowest BCUT2D eigenvalue weighted by Crippen LogP contribution is -2.52. The lowest BCUT2D eigenvalue weighted by Gasteiger charge is -2.32. The fourth-order valence-electron chi connectivity index (χ4n) is 3.77. The highest BCUT2D eigenvalue weighted by molar-refractivity contribution is 7.92. The van der Waals surface area contributed by atoms with E-state index in [0.717, 1.165) is 22.0 Å². The maximum atomic E-state index is 13.8. The average Bonchev–Trinajstić information content (AvgIpc) is 2.86. The monoisotopic (exact) mass is 559 g/mol. The predicted molar refractivity (Wildman–Crippen MR) is 147 cm³/mol. The molecule has 3 rings (SSSR count). The Morgan fingerprint density at radius 1 is 0.947 bits per heavy atom. The second kappa shape index (κ2) is 12.4. The minimum absolute atomic E-state index is 0.0208. The van der Waals surface area contributed by atoms with Gasteiger partial charge in [0.1, 0.15) is 18.4 Å². The average molecular weight is 560 g/mol. The Morgan fingerprint density at radius 2 is 1.55 bits per heavy atom. The molecule has 1 atom stereocenters. The van der Waals surface area contributed by atoms with Gasteiger partial charge in [-0.3, -0.25) is 13.9 Å². The third kappa shape index (κ3) is 7.11. The molecular formula is C28H31ClFN3O4S. The van der Waals surface area contributed by atoms with Gasteiger partial charge in [0.25, 0.3) is 10.0 Å². The number of carbonyl (C=O) groups excluding carboxylic acids is 2. The largest absolute Gasteiger partial charge is 0.352 e. The van der Waals surface area contributed by atoms with Crippen molar-refractivity contribution in [3.63, 3.8) is 0 Å². The van der Waals surface area contributed by atoms with E-state index >= 15 is 0 Å². The van der Waals surface area contributed by atoms with Crippen LogP contribution in [0, 0.1) is 12.7 Å². The second-order valence-electron chi connectivity index (χ2n) is 9.25. The fraction of sp³-hybridized carbons (Fsp3) is 0.286. The fourth-order valence-corrected chi connectivity index (χ4v) is 5.38. The zero-order valence-corrected chi connectivity index (χ0v) is 23.3. The van der Waals surface area contributed by atoms with Crippen LogP contribution in [0.2, 0.25) is 5.02 Å². The topological polar surface area (TPSA) is 86.8 Å². The van der Waals surface area contributed by atoms with Crippen LogP contribution >= 0.6 is 11.6 Å². The molecule has 0 spiro atoms. The number of amides is 2. The predicted octanol–water partition coefficient (Wildman–Crippen LogP) is 4.92. The van der Waals surface area contributed by atoms with Gasteiger partial charge in [0.2, 0.25) is 11.8 Å². The van der Waals surface area contributed by atoms with Gasteiger partial charge >= 0.3 is 0 Å². The van der Waals surface area contributed by atoms with Crippen molar-refractivity contribution in [3.05, 3.63) is 94.8 Å². The molecule has 38 heavy (non-hydrogen) atoms. The lowest BCUT2D eigenvalue weighted by molar-refractivity contribution is -0.139. The van der Waals surface area contributed by atoms with E-state index in [0.29, 0.717) is 10.6 Å². The van der Waals surface area contributed by atoms with Gasteiger partial charge in [0.15, 0.2) is 0 Å². The maximum Gasteiger partial charge on any atom is 0.264 e. The minimum atomic E-state index is -4.22. The molecule has 0 saturated heterocycles. The highest BCUT2D eigenvalue weighted by Gasteiger charge is 2.33. The lowest BCUT2D eigenvalue weighted by atomic mass is 10.1. The molecule has 0 aliphatic heterocycles. The number of benzene rings is 3. The van der Waals surface area contributed by atoms with Gasteiger partial charge in [-0.05, 0) is 75.7 Å². The van der Waals surface area contributed by atoms with E-state index in [1.54, 1.807) is 57.2 Å². The first-order valence-corrected chi connectivity index (χ1v) is 13.9. The quantitative estimate of drug-likeness (QED) is 0.382. The third-order valence-corrected chi connectivity index (χ3v) is 8.06. The van der Waals surface area contributed by atoms with Crippen molar-refractivity contribution in [1.29, 1.82) is 0 Å². The molecule has 0 fully saturated rings. The standard InChI is InChI=1S/C28H31ClFN3O4S/c1-19(2)31-28(35)21(4)32(17-22-7-5-6-8-26(22)29)27(34)18-33(24-13-11-23(30)12-14-24)38(36,37)25-15-9-20(3)10-16-25/h5-16,19,21H,17-18H2,1-4H3,(H,31,35)/t21-/m1/s1. The van der Waals surface area contributed by atoms with Crippen molar-refractivity contribution in [1.82, 2.24) is 10.2 Å². The van der Waals surface area contributed by atoms with Crippen molar-refractivity contribution in [2.45, 2.75) is 51.2 Å². The first-order chi connectivity index (χ1) is 17.9. The highest BCUT2D eigenvalue weighted by Crippen LogP contribution is 2.26. The summed E-state index contributed by atoms with van der Waals surface area (Å²) < 4.78 is 42.0. The second-order valence-corrected chi connectivity index (χ2v) is 11.5. The Labute approximate surface area is 228 Å². The van der Waals surface area contributed by atoms with E-state index in [1.807, 2.05) is 6.92 Å². The van der Waals surface area contributed by atoms with E-state index in [9.17, 15) is 22.4 Å². The van der Waals surface area contributed by atoms with Crippen LogP contribution < -0.4 is 9.62 Å². The van der Waals surface area contributed by atoms with E-state index in [4.69, 9.17) is 11.6 Å². The molecular weight excluding hydrogens is 529 g/mol. The Kier molecular flexibility index (Phi) is 9.51. The first-order valence-electron chi connectivity index (χ1n) is 12.1. The van der Waals surface area contributed by atoms with Crippen LogP contribution in [0.25, 0.3) is 0 Å². The van der Waals surface area contributed by atoms with Crippen LogP contribution in [0.1, 0.15) is 31.9 Å². The molecule has 0 aromatic heterocycles. The van der Waals surface area contributed by atoms with Gasteiger partial charge in [-0.1, -0.05) is 47.5 Å². The van der Waals surface area contributed by atoms with Crippen molar-refractivity contribution >= 4 is 39.1 Å². The molecule has 0 bridgehead atoms. The number of nitrogens with zero attached hydrogens (tertiary/aromatic N) is 2. The summed E-state index contributed by atoms with van der Waals surface area (Å²) >= 11 is 6.34. The molecule has 0 heterocycles. The number of hydrogen-bond acceptors (Lipinski definition) is 4. The van der Waals surface area contributed by atoms with Crippen LogP contribution in [0.15, 0.2) is 77.7 Å². The first kappa shape index (κ1) is 29.1. The number of sulfonamides is 1. The summed E-state index contributed by atoms with van der Waals surface area (Å²) in [5, 5.41) is 3.20. The zero-order valence-electron chi connectivity index (χ0n) is 21.7. The van der Waals surface area contributed by atoms with E-state index in [2.05, 4.69) is 5.32 Å². The van der Waals surface area contributed by atoms with Crippen molar-refractivity contribution in [2.24, 2.45) is 0 Å². The molecule has 0 radical (unpaired) electrons. The van der Waals surface area contributed by atoms with Crippen molar-refractivity contribution in [3.8, 4) is 0 Å². The minimum Gasteiger partial charge on any atom is -0.352 e. The number of nitrogens with one attached hydrogen (secondary N) is 1. The Balaban J connectivity index is 2.03. The van der Waals surface area contributed by atoms with E-state index < -0.39 is 40.2 Å². The number of hydrogen-bond donors (Lipinski definition) is 1. The summed E-state index contributed by atoms with van der Waals surface area (Å²) in [5.41, 5.74) is 1.57. The van der Waals surface area contributed by atoms with Gasteiger partial charge in [-0.2, -0.15) is 0 Å². The summed E-state index contributed by atoms with van der Waals surface area (Å²) in [4.78, 5) is 28.0. The summed E-state index contributed by atoms with van der Waals surface area (Å²) in [7, 11) is -4.22. The zero-order chi connectivity index (χ0) is 28.0. The van der Waals surface area contributed by atoms with Crippen LogP contribution in [0.5, 0.6) is 0 Å². The summed E-state index contributed by atoms with van der Waals surface area (Å²) in [5.74, 6) is -1.57. The summed E-state index contributed by atoms with van der Waals surface area (Å²) in [6.45, 7) is 6.36. The van der Waals surface area contributed by atoms with E-state index in [-0.39, 0.29) is 23.2 Å². The Morgan fingerprint density at radius 3 is 2.13 bits per heavy atom. The van der Waals surface area contributed by atoms with E-state index in [1.165, 1.54) is 29.2 Å². The smallest absolute Gasteiger partial charge is 0.264 e. The van der Waals surface area contributed by atoms with Crippen LogP contribution in [-0.2, 0) is 26.2 Å². The summed E-state index contributed by atoms with van der Waals surface area (Å²) in [6, 6.07) is 16.8. The summed E-state index contributed by atoms with van der Waals surface area (Å²) in [6.07, 6.45) is 0. The Bertz CT molecular complexity index is 1380. The number of carbonyl (C=O) groups is 2. The Hall–Kier alpha value is -3.43. The normalized spacial score (nSPS) is 12.2. The van der Waals surface area contributed by atoms with Gasteiger partial charge in [-0.25, -0.2) is 12.8 Å². The van der Waals surface area contributed by atoms with Crippen LogP contribution in [-0.4, -0.2) is 43.8 Å². The van der Waals surface area contributed by atoms with Gasteiger partial charge in [-0.15, -0.1) is 0 Å². The number of anilines is 1. The molecule has 3 aromatic carbocycles. The van der Waals surface area contributed by atoms with Gasteiger partial charge < -0.3 is 10.2 Å². The van der Waals surface area contributed by atoms with Crippen LogP contribution in [0.3, 0.4) is 0 Å². The molecule has 10 heteroatoms. The molecule has 7 nitrogen and oxygen atoms in total. The van der Waals surface area contributed by atoms with Gasteiger partial charge in [0.05, 0.1) is 10.6 Å². The molecule has 0 aliphatic rings. The van der Waals surface area contributed by atoms with Crippen molar-refractivity contribution in [2.75, 3.05) is 10.8 Å². The number of aryl methyl sites for hydroxylation is 1. The molecule has 3 aromatic rings. The number of rotatable bonds is 10. The molecule has 2 amide bonds. The van der Waals surface area contributed by atoms with Gasteiger partial charge in [0, 0.05) is 17.6 Å². The maximum absolute atomic E-state index is 13.8. The van der Waals surface area contributed by atoms with Crippen molar-refractivity contribution < 1.29 is 22.4 Å². The molecule has 0 aliphatic carbocycles. The third-order valence-electron chi connectivity index (χ3n) is 5.90. The van der Waals surface area contributed by atoms with Crippen LogP contribution in [0.4, 0.5) is 10.1 Å². The molecule has 1 N–H and O–H groups in total. The molecule has 202 valence electrons. The molecule has 0 saturated carbocycles. The highest BCUT2D eigenvalue weighted by atomic mass is 35.5. The SMILES string of the molecule is Cc1ccc(S(=O)(=O)N(CC(=O)N(Cc2ccccc2Cl)[C@H](C)C(=O)NC(C)C)c2ccc(F)cc2)cc1.